The highest BCUT2D eigenvalue weighted by atomic mass is 35.5. The van der Waals surface area contributed by atoms with Crippen LogP contribution in [0.2, 0.25) is 5.15 Å². The Morgan fingerprint density at radius 1 is 1.14 bits per heavy atom. The van der Waals surface area contributed by atoms with Crippen molar-refractivity contribution in [3.63, 3.8) is 0 Å². The number of aryl methyl sites for hydroxylation is 1. The van der Waals surface area contributed by atoms with Crippen LogP contribution < -0.4 is 0 Å². The molecule has 0 spiro atoms. The minimum atomic E-state index is -0.0595. The Morgan fingerprint density at radius 2 is 1.95 bits per heavy atom. The molecule has 0 radical (unpaired) electrons. The van der Waals surface area contributed by atoms with Crippen molar-refractivity contribution in [3.8, 4) is 11.3 Å². The maximum atomic E-state index is 12.1. The third-order valence-corrected chi connectivity index (χ3v) is 3.59. The molecule has 0 aliphatic rings. The van der Waals surface area contributed by atoms with Crippen molar-refractivity contribution in [3.05, 3.63) is 71.2 Å². The van der Waals surface area contributed by atoms with Gasteiger partial charge in [0, 0.05) is 30.7 Å². The summed E-state index contributed by atoms with van der Waals surface area (Å²) in [7, 11) is 0. The maximum Gasteiger partial charge on any atom is 0.166 e. The fraction of sp³-hybridized carbons (Fsp3) is 0.118. The van der Waals surface area contributed by atoms with Crippen LogP contribution in [0.1, 0.15) is 22.5 Å². The summed E-state index contributed by atoms with van der Waals surface area (Å²) in [6, 6.07) is 15.0. The minimum Gasteiger partial charge on any atom is -0.361 e. The van der Waals surface area contributed by atoms with Crippen LogP contribution in [0.4, 0.5) is 0 Å². The fourth-order valence-corrected chi connectivity index (χ4v) is 2.37. The van der Waals surface area contributed by atoms with E-state index in [2.05, 4.69) is 10.1 Å². The Labute approximate surface area is 132 Å². The maximum absolute atomic E-state index is 12.1. The molecule has 0 saturated heterocycles. The third-order valence-electron chi connectivity index (χ3n) is 3.29. The van der Waals surface area contributed by atoms with E-state index >= 15 is 0 Å². The first-order valence-corrected chi connectivity index (χ1v) is 7.26. The third kappa shape index (κ3) is 3.23. The molecule has 2 aromatic heterocycles. The van der Waals surface area contributed by atoms with Gasteiger partial charge in [-0.05, 0) is 12.1 Å². The first-order valence-electron chi connectivity index (χ1n) is 6.89. The van der Waals surface area contributed by atoms with Crippen molar-refractivity contribution >= 4 is 17.4 Å². The van der Waals surface area contributed by atoms with Gasteiger partial charge in [-0.15, -0.1) is 0 Å². The van der Waals surface area contributed by atoms with Crippen LogP contribution >= 0.6 is 11.6 Å². The van der Waals surface area contributed by atoms with Crippen LogP contribution in [0.5, 0.6) is 0 Å². The van der Waals surface area contributed by atoms with Gasteiger partial charge in [-0.25, -0.2) is 4.98 Å². The SMILES string of the molecule is O=C(CCc1cc(-c2ccccc2)no1)c1cccnc1Cl. The molecule has 0 unspecified atom stereocenters. The van der Waals surface area contributed by atoms with Crippen molar-refractivity contribution < 1.29 is 9.32 Å². The lowest BCUT2D eigenvalue weighted by Gasteiger charge is -2.00. The molecule has 4 nitrogen and oxygen atoms in total. The number of hydrogen-bond donors (Lipinski definition) is 0. The summed E-state index contributed by atoms with van der Waals surface area (Å²) >= 11 is 5.92. The van der Waals surface area contributed by atoms with Crippen molar-refractivity contribution in [1.82, 2.24) is 10.1 Å². The number of hydrogen-bond acceptors (Lipinski definition) is 4. The lowest BCUT2D eigenvalue weighted by molar-refractivity contribution is 0.0980. The van der Waals surface area contributed by atoms with Gasteiger partial charge >= 0.3 is 0 Å². The summed E-state index contributed by atoms with van der Waals surface area (Å²) < 4.78 is 5.28. The molecule has 0 aliphatic carbocycles. The molecule has 0 atom stereocenters. The van der Waals surface area contributed by atoms with E-state index in [9.17, 15) is 4.79 Å². The van der Waals surface area contributed by atoms with Crippen LogP contribution in [0.25, 0.3) is 11.3 Å². The Hall–Kier alpha value is -2.46. The lowest BCUT2D eigenvalue weighted by Crippen LogP contribution is -2.02. The smallest absolute Gasteiger partial charge is 0.166 e. The number of pyridine rings is 1. The molecule has 1 aromatic carbocycles. The molecule has 0 fully saturated rings. The summed E-state index contributed by atoms with van der Waals surface area (Å²) in [4.78, 5) is 16.0. The van der Waals surface area contributed by atoms with E-state index in [4.69, 9.17) is 16.1 Å². The summed E-state index contributed by atoms with van der Waals surface area (Å²) in [6.07, 6.45) is 2.33. The molecule has 3 aromatic rings. The van der Waals surface area contributed by atoms with Crippen LogP contribution in [-0.4, -0.2) is 15.9 Å². The van der Waals surface area contributed by atoms with E-state index in [1.165, 1.54) is 0 Å². The highest BCUT2D eigenvalue weighted by molar-refractivity contribution is 6.32. The van der Waals surface area contributed by atoms with Crippen molar-refractivity contribution in [2.75, 3.05) is 0 Å². The molecule has 0 bridgehead atoms. The van der Waals surface area contributed by atoms with Crippen LogP contribution in [0.15, 0.2) is 59.3 Å². The average molecular weight is 313 g/mol. The number of ketones is 1. The standard InChI is InChI=1S/C17H13ClN2O2/c18-17-14(7-4-10-19-17)16(21)9-8-13-11-15(20-22-13)12-5-2-1-3-6-12/h1-7,10-11H,8-9H2. The fourth-order valence-electron chi connectivity index (χ4n) is 2.14. The minimum absolute atomic E-state index is 0.0595. The normalized spacial score (nSPS) is 10.6. The van der Waals surface area contributed by atoms with E-state index in [1.54, 1.807) is 18.3 Å². The molecule has 110 valence electrons. The van der Waals surface area contributed by atoms with E-state index in [0.29, 0.717) is 24.2 Å². The Morgan fingerprint density at radius 3 is 2.73 bits per heavy atom. The number of nitrogens with zero attached hydrogens (tertiary/aromatic N) is 2. The van der Waals surface area contributed by atoms with Crippen molar-refractivity contribution in [2.24, 2.45) is 0 Å². The molecule has 5 heteroatoms. The van der Waals surface area contributed by atoms with E-state index in [0.717, 1.165) is 11.3 Å². The molecule has 0 amide bonds. The van der Waals surface area contributed by atoms with Gasteiger partial charge in [0.1, 0.15) is 16.6 Å². The quantitative estimate of drug-likeness (QED) is 0.523. The molecule has 0 aliphatic heterocycles. The van der Waals surface area contributed by atoms with Gasteiger partial charge in [0.2, 0.25) is 0 Å². The zero-order chi connectivity index (χ0) is 15.4. The highest BCUT2D eigenvalue weighted by Crippen LogP contribution is 2.20. The number of carbonyl (C=O) groups excluding carboxylic acids is 1. The second-order valence-corrected chi connectivity index (χ2v) is 5.17. The van der Waals surface area contributed by atoms with Crippen molar-refractivity contribution in [1.29, 1.82) is 0 Å². The first kappa shape index (κ1) is 14.5. The summed E-state index contributed by atoms with van der Waals surface area (Å²) in [6.45, 7) is 0. The molecule has 3 rings (SSSR count). The molecular weight excluding hydrogens is 300 g/mol. The number of Topliss-reactive ketones (excluding diaryl/α,β-unsaturated/α-hetero) is 1. The Bertz CT molecular complexity index is 784. The zero-order valence-corrected chi connectivity index (χ0v) is 12.5. The topological polar surface area (TPSA) is 56.0 Å². The molecule has 2 heterocycles. The number of benzene rings is 1. The van der Waals surface area contributed by atoms with Crippen LogP contribution in [0, 0.1) is 0 Å². The predicted octanol–water partition coefficient (Wildman–Crippen LogP) is 4.21. The summed E-state index contributed by atoms with van der Waals surface area (Å²) in [5, 5.41) is 4.26. The van der Waals surface area contributed by atoms with Gasteiger partial charge in [-0.1, -0.05) is 47.1 Å². The van der Waals surface area contributed by atoms with Gasteiger partial charge in [-0.3, -0.25) is 4.79 Å². The van der Waals surface area contributed by atoms with Crippen molar-refractivity contribution in [2.45, 2.75) is 12.8 Å². The van der Waals surface area contributed by atoms with Gasteiger partial charge < -0.3 is 4.52 Å². The van der Waals surface area contributed by atoms with Crippen LogP contribution in [-0.2, 0) is 6.42 Å². The predicted molar refractivity (Wildman–Crippen MR) is 83.8 cm³/mol. The monoisotopic (exact) mass is 312 g/mol. The second kappa shape index (κ2) is 6.54. The largest absolute Gasteiger partial charge is 0.361 e. The number of rotatable bonds is 5. The first-order chi connectivity index (χ1) is 10.7. The molecule has 22 heavy (non-hydrogen) atoms. The number of carbonyl (C=O) groups is 1. The summed E-state index contributed by atoms with van der Waals surface area (Å²) in [5.41, 5.74) is 2.19. The van der Waals surface area contributed by atoms with E-state index in [-0.39, 0.29) is 10.9 Å². The number of halogens is 1. The molecule has 0 N–H and O–H groups in total. The summed E-state index contributed by atoms with van der Waals surface area (Å²) in [5.74, 6) is 0.614. The van der Waals surface area contributed by atoms with E-state index < -0.39 is 0 Å². The Balaban J connectivity index is 1.67. The average Bonchev–Trinajstić information content (AvgIpc) is 3.03. The van der Waals surface area contributed by atoms with Gasteiger partial charge in [0.25, 0.3) is 0 Å². The van der Waals surface area contributed by atoms with E-state index in [1.807, 2.05) is 36.4 Å². The van der Waals surface area contributed by atoms with Gasteiger partial charge in [0.05, 0.1) is 5.56 Å². The Kier molecular flexibility index (Phi) is 4.30. The number of aromatic nitrogens is 2. The molecule has 0 saturated carbocycles. The highest BCUT2D eigenvalue weighted by Gasteiger charge is 2.13. The van der Waals surface area contributed by atoms with Gasteiger partial charge in [-0.2, -0.15) is 0 Å². The molecular formula is C17H13ClN2O2. The lowest BCUT2D eigenvalue weighted by atomic mass is 10.1. The zero-order valence-electron chi connectivity index (χ0n) is 11.7. The van der Waals surface area contributed by atoms with Gasteiger partial charge in [0.15, 0.2) is 5.78 Å². The van der Waals surface area contributed by atoms with Crippen LogP contribution in [0.3, 0.4) is 0 Å². The second-order valence-electron chi connectivity index (χ2n) is 4.81.